The summed E-state index contributed by atoms with van der Waals surface area (Å²) in [5, 5.41) is 12.0. The van der Waals surface area contributed by atoms with E-state index in [0.717, 1.165) is 45.7 Å². The molecule has 0 spiro atoms. The molecule has 26 heavy (non-hydrogen) atoms. The van der Waals surface area contributed by atoms with Gasteiger partial charge in [0.1, 0.15) is 17.1 Å². The Morgan fingerprint density at radius 3 is 1.81 bits per heavy atom. The number of ether oxygens (including phenoxy) is 2. The SMILES string of the molecule is CCc1ccc(C(O)(c2c(C)c(OC)c(C)c(C)c2OC)C(C)C)cc1. The van der Waals surface area contributed by atoms with Crippen molar-refractivity contribution in [1.29, 1.82) is 0 Å². The van der Waals surface area contributed by atoms with Crippen LogP contribution in [-0.2, 0) is 12.0 Å². The zero-order chi connectivity index (χ0) is 19.6. The van der Waals surface area contributed by atoms with Crippen molar-refractivity contribution < 1.29 is 14.6 Å². The normalized spacial score (nSPS) is 13.6. The van der Waals surface area contributed by atoms with Crippen molar-refractivity contribution in [2.75, 3.05) is 14.2 Å². The maximum Gasteiger partial charge on any atom is 0.129 e. The minimum atomic E-state index is -1.17. The summed E-state index contributed by atoms with van der Waals surface area (Å²) in [5.41, 5.74) is 4.69. The molecular formula is C23H32O3. The van der Waals surface area contributed by atoms with E-state index in [9.17, 15) is 5.11 Å². The molecule has 0 aromatic heterocycles. The highest BCUT2D eigenvalue weighted by Crippen LogP contribution is 2.48. The molecule has 0 fully saturated rings. The lowest BCUT2D eigenvalue weighted by atomic mass is 9.74. The van der Waals surface area contributed by atoms with Gasteiger partial charge >= 0.3 is 0 Å². The molecule has 0 radical (unpaired) electrons. The molecule has 0 saturated carbocycles. The van der Waals surface area contributed by atoms with E-state index in [1.165, 1.54) is 5.56 Å². The van der Waals surface area contributed by atoms with E-state index < -0.39 is 5.60 Å². The lowest BCUT2D eigenvalue weighted by Crippen LogP contribution is -2.35. The van der Waals surface area contributed by atoms with Crippen molar-refractivity contribution >= 4 is 0 Å². The van der Waals surface area contributed by atoms with E-state index >= 15 is 0 Å². The highest BCUT2D eigenvalue weighted by atomic mass is 16.5. The predicted octanol–water partition coefficient (Wildman–Crippen LogP) is 5.08. The van der Waals surface area contributed by atoms with Crippen LogP contribution in [0.3, 0.4) is 0 Å². The Morgan fingerprint density at radius 1 is 0.885 bits per heavy atom. The molecule has 0 bridgehead atoms. The third-order valence-corrected chi connectivity index (χ3v) is 5.61. The first-order valence-electron chi connectivity index (χ1n) is 9.27. The smallest absolute Gasteiger partial charge is 0.129 e. The predicted molar refractivity (Wildman–Crippen MR) is 107 cm³/mol. The van der Waals surface area contributed by atoms with Crippen molar-refractivity contribution in [3.8, 4) is 11.5 Å². The molecule has 3 nitrogen and oxygen atoms in total. The number of aliphatic hydroxyl groups is 1. The summed E-state index contributed by atoms with van der Waals surface area (Å²) < 4.78 is 11.5. The van der Waals surface area contributed by atoms with E-state index in [-0.39, 0.29) is 5.92 Å². The quantitative estimate of drug-likeness (QED) is 0.784. The summed E-state index contributed by atoms with van der Waals surface area (Å²) in [6, 6.07) is 8.23. The Bertz CT molecular complexity index is 775. The van der Waals surface area contributed by atoms with E-state index in [4.69, 9.17) is 9.47 Å². The molecule has 0 aliphatic heterocycles. The molecular weight excluding hydrogens is 324 g/mol. The Morgan fingerprint density at radius 2 is 1.38 bits per heavy atom. The summed E-state index contributed by atoms with van der Waals surface area (Å²) in [7, 11) is 3.34. The molecule has 0 aliphatic carbocycles. The first kappa shape index (κ1) is 20.3. The Hall–Kier alpha value is -2.00. The molecule has 2 aromatic carbocycles. The van der Waals surface area contributed by atoms with Crippen molar-refractivity contribution in [2.24, 2.45) is 5.92 Å². The first-order chi connectivity index (χ1) is 12.2. The fourth-order valence-corrected chi connectivity index (χ4v) is 3.87. The highest BCUT2D eigenvalue weighted by Gasteiger charge is 2.41. The highest BCUT2D eigenvalue weighted by molar-refractivity contribution is 5.62. The third kappa shape index (κ3) is 3.09. The monoisotopic (exact) mass is 356 g/mol. The summed E-state index contributed by atoms with van der Waals surface area (Å²) in [6.45, 7) is 12.2. The minimum absolute atomic E-state index is 0.0469. The second-order valence-corrected chi connectivity index (χ2v) is 7.29. The summed E-state index contributed by atoms with van der Waals surface area (Å²) >= 11 is 0. The van der Waals surface area contributed by atoms with Gasteiger partial charge in [-0.15, -0.1) is 0 Å². The lowest BCUT2D eigenvalue weighted by molar-refractivity contribution is 0.0285. The maximum absolute atomic E-state index is 12.0. The topological polar surface area (TPSA) is 38.7 Å². The molecule has 1 N–H and O–H groups in total. The van der Waals surface area contributed by atoms with Crippen LogP contribution in [0.25, 0.3) is 0 Å². The van der Waals surface area contributed by atoms with Crippen LogP contribution in [0.4, 0.5) is 0 Å². The van der Waals surface area contributed by atoms with Gasteiger partial charge in [0, 0.05) is 11.1 Å². The van der Waals surface area contributed by atoms with Crippen molar-refractivity contribution in [1.82, 2.24) is 0 Å². The molecule has 1 atom stereocenters. The molecule has 0 heterocycles. The number of benzene rings is 2. The van der Waals surface area contributed by atoms with Crippen LogP contribution in [0.5, 0.6) is 11.5 Å². The zero-order valence-electron chi connectivity index (χ0n) is 17.4. The molecule has 0 saturated heterocycles. The van der Waals surface area contributed by atoms with Gasteiger partial charge in [0.25, 0.3) is 0 Å². The fourth-order valence-electron chi connectivity index (χ4n) is 3.87. The number of rotatable bonds is 6. The summed E-state index contributed by atoms with van der Waals surface area (Å²) in [5.74, 6) is 1.49. The number of methoxy groups -OCH3 is 2. The molecule has 1 unspecified atom stereocenters. The van der Waals surface area contributed by atoms with Gasteiger partial charge in [-0.3, -0.25) is 0 Å². The van der Waals surface area contributed by atoms with Gasteiger partial charge in [-0.25, -0.2) is 0 Å². The van der Waals surface area contributed by atoms with E-state index in [0.29, 0.717) is 0 Å². The number of hydrogen-bond acceptors (Lipinski definition) is 3. The van der Waals surface area contributed by atoms with E-state index in [1.54, 1.807) is 14.2 Å². The Kier molecular flexibility index (Phi) is 6.02. The van der Waals surface area contributed by atoms with Crippen molar-refractivity contribution in [3.05, 3.63) is 57.6 Å². The van der Waals surface area contributed by atoms with Gasteiger partial charge in [0.05, 0.1) is 14.2 Å². The average Bonchev–Trinajstić information content (AvgIpc) is 2.64. The number of aryl methyl sites for hydroxylation is 1. The van der Waals surface area contributed by atoms with Gasteiger partial charge in [0.2, 0.25) is 0 Å². The van der Waals surface area contributed by atoms with Crippen molar-refractivity contribution in [3.63, 3.8) is 0 Å². The second kappa shape index (κ2) is 7.71. The van der Waals surface area contributed by atoms with Gasteiger partial charge < -0.3 is 14.6 Å². The molecule has 142 valence electrons. The maximum atomic E-state index is 12.0. The van der Waals surface area contributed by atoms with Crippen LogP contribution in [0.15, 0.2) is 24.3 Å². The average molecular weight is 357 g/mol. The van der Waals surface area contributed by atoms with Gasteiger partial charge in [-0.05, 0) is 55.4 Å². The molecule has 2 aromatic rings. The third-order valence-electron chi connectivity index (χ3n) is 5.61. The first-order valence-corrected chi connectivity index (χ1v) is 9.27. The fraction of sp³-hybridized carbons (Fsp3) is 0.478. The van der Waals surface area contributed by atoms with Crippen LogP contribution in [0.1, 0.15) is 54.2 Å². The second-order valence-electron chi connectivity index (χ2n) is 7.29. The lowest BCUT2D eigenvalue weighted by Gasteiger charge is -2.37. The van der Waals surface area contributed by atoms with Gasteiger partial charge in [0.15, 0.2) is 0 Å². The molecule has 0 amide bonds. The largest absolute Gasteiger partial charge is 0.496 e. The molecule has 0 aliphatic rings. The number of hydrogen-bond donors (Lipinski definition) is 1. The molecule has 3 heteroatoms. The van der Waals surface area contributed by atoms with E-state index in [2.05, 4.69) is 19.1 Å². The summed E-state index contributed by atoms with van der Waals surface area (Å²) in [4.78, 5) is 0. The Labute approximate surface area is 158 Å². The van der Waals surface area contributed by atoms with Crippen LogP contribution in [-0.4, -0.2) is 19.3 Å². The van der Waals surface area contributed by atoms with Crippen LogP contribution in [0, 0.1) is 26.7 Å². The van der Waals surface area contributed by atoms with Crippen LogP contribution >= 0.6 is 0 Å². The zero-order valence-corrected chi connectivity index (χ0v) is 17.4. The van der Waals surface area contributed by atoms with Crippen molar-refractivity contribution in [2.45, 2.75) is 53.6 Å². The van der Waals surface area contributed by atoms with Gasteiger partial charge in [-0.1, -0.05) is 45.0 Å². The van der Waals surface area contributed by atoms with Crippen LogP contribution in [0.2, 0.25) is 0 Å². The van der Waals surface area contributed by atoms with Gasteiger partial charge in [-0.2, -0.15) is 0 Å². The van der Waals surface area contributed by atoms with E-state index in [1.807, 2.05) is 46.8 Å². The molecule has 2 rings (SSSR count). The minimum Gasteiger partial charge on any atom is -0.496 e. The Balaban J connectivity index is 2.87. The standard InChI is InChI=1S/C23H32O3/c1-9-18-10-12-19(13-11-18)23(24,14(2)3)20-17(6)21(25-7)15(4)16(5)22(20)26-8/h10-14,24H,9H2,1-8H3. The van der Waals surface area contributed by atoms with Crippen LogP contribution < -0.4 is 9.47 Å². The summed E-state index contributed by atoms with van der Waals surface area (Å²) in [6.07, 6.45) is 0.972.